The monoisotopic (exact) mass is 181 g/mol. The quantitative estimate of drug-likeness (QED) is 0.709. The molecule has 0 amide bonds. The summed E-state index contributed by atoms with van der Waals surface area (Å²) in [5.41, 5.74) is 0.942. The fourth-order valence-corrected chi connectivity index (χ4v) is 1.13. The van der Waals surface area contributed by atoms with Crippen molar-refractivity contribution in [3.05, 3.63) is 24.3 Å². The van der Waals surface area contributed by atoms with Gasteiger partial charge in [-0.05, 0) is 6.54 Å². The lowest BCUT2D eigenvalue weighted by Gasteiger charge is -2.17. The summed E-state index contributed by atoms with van der Waals surface area (Å²) in [6.07, 6.45) is 5.09. The maximum absolute atomic E-state index is 8.77. The van der Waals surface area contributed by atoms with Crippen molar-refractivity contribution in [3.63, 3.8) is 0 Å². The topological polar surface area (TPSA) is 49.2 Å². The van der Waals surface area contributed by atoms with Crippen LogP contribution in [-0.4, -0.2) is 39.7 Å². The second-order valence-corrected chi connectivity index (χ2v) is 2.79. The third-order valence-electron chi connectivity index (χ3n) is 1.87. The number of aromatic nitrogens is 2. The van der Waals surface area contributed by atoms with E-state index in [9.17, 15) is 0 Å². The Balaban J connectivity index is 2.46. The highest BCUT2D eigenvalue weighted by Crippen LogP contribution is 1.97. The van der Waals surface area contributed by atoms with Crippen LogP contribution in [0.3, 0.4) is 0 Å². The predicted octanol–water partition coefficient (Wildman–Crippen LogP) is 0.291. The first-order chi connectivity index (χ1) is 6.36. The summed E-state index contributed by atoms with van der Waals surface area (Å²) in [6.45, 7) is 4.61. The zero-order valence-corrected chi connectivity index (χ0v) is 7.85. The summed E-state index contributed by atoms with van der Waals surface area (Å²) >= 11 is 0. The third-order valence-corrected chi connectivity index (χ3v) is 1.87. The van der Waals surface area contributed by atoms with Crippen LogP contribution in [0.1, 0.15) is 12.6 Å². The molecule has 0 bridgehead atoms. The van der Waals surface area contributed by atoms with Crippen molar-refractivity contribution in [1.29, 1.82) is 0 Å². The molecular weight excluding hydrogens is 166 g/mol. The van der Waals surface area contributed by atoms with E-state index >= 15 is 0 Å². The van der Waals surface area contributed by atoms with Crippen molar-refractivity contribution in [1.82, 2.24) is 14.9 Å². The summed E-state index contributed by atoms with van der Waals surface area (Å²) in [4.78, 5) is 10.3. The van der Waals surface area contributed by atoms with Crippen molar-refractivity contribution >= 4 is 0 Å². The van der Waals surface area contributed by atoms with Gasteiger partial charge >= 0.3 is 0 Å². The van der Waals surface area contributed by atoms with E-state index in [1.54, 1.807) is 18.6 Å². The molecule has 0 fully saturated rings. The van der Waals surface area contributed by atoms with Crippen molar-refractivity contribution < 1.29 is 5.11 Å². The average molecular weight is 181 g/mol. The van der Waals surface area contributed by atoms with Crippen LogP contribution < -0.4 is 0 Å². The Hall–Kier alpha value is -1.00. The first-order valence-electron chi connectivity index (χ1n) is 4.45. The first-order valence-corrected chi connectivity index (χ1v) is 4.45. The largest absolute Gasteiger partial charge is 0.395 e. The first kappa shape index (κ1) is 10.1. The van der Waals surface area contributed by atoms with E-state index in [0.29, 0.717) is 6.54 Å². The smallest absolute Gasteiger partial charge is 0.0726 e. The van der Waals surface area contributed by atoms with Crippen molar-refractivity contribution in [2.45, 2.75) is 13.5 Å². The standard InChI is InChI=1S/C9H15N3O/c1-2-12(5-6-13)8-9-7-10-3-4-11-9/h3-4,7,13H,2,5-6,8H2,1H3. The van der Waals surface area contributed by atoms with Gasteiger partial charge in [-0.2, -0.15) is 0 Å². The second-order valence-electron chi connectivity index (χ2n) is 2.79. The number of aliphatic hydroxyl groups is 1. The number of nitrogens with zero attached hydrogens (tertiary/aromatic N) is 3. The lowest BCUT2D eigenvalue weighted by molar-refractivity contribution is 0.195. The molecule has 0 saturated heterocycles. The van der Waals surface area contributed by atoms with E-state index in [0.717, 1.165) is 18.8 Å². The zero-order chi connectivity index (χ0) is 9.52. The Morgan fingerprint density at radius 2 is 2.31 bits per heavy atom. The molecule has 1 aromatic heterocycles. The Kier molecular flexibility index (Phi) is 4.35. The van der Waals surface area contributed by atoms with Gasteiger partial charge in [-0.3, -0.25) is 14.9 Å². The van der Waals surface area contributed by atoms with Gasteiger partial charge in [0.05, 0.1) is 12.3 Å². The van der Waals surface area contributed by atoms with E-state index in [4.69, 9.17) is 5.11 Å². The summed E-state index contributed by atoms with van der Waals surface area (Å²) < 4.78 is 0. The summed E-state index contributed by atoms with van der Waals surface area (Å²) in [6, 6.07) is 0. The molecule has 0 unspecified atom stereocenters. The number of hydrogen-bond donors (Lipinski definition) is 1. The van der Waals surface area contributed by atoms with Gasteiger partial charge in [0.15, 0.2) is 0 Å². The number of rotatable bonds is 5. The van der Waals surface area contributed by atoms with Gasteiger partial charge in [-0.25, -0.2) is 0 Å². The number of aliphatic hydroxyl groups excluding tert-OH is 1. The fourth-order valence-electron chi connectivity index (χ4n) is 1.13. The van der Waals surface area contributed by atoms with Crippen molar-refractivity contribution in [3.8, 4) is 0 Å². The average Bonchev–Trinajstić information content (AvgIpc) is 2.19. The molecule has 0 saturated carbocycles. The molecule has 0 aliphatic carbocycles. The highest BCUT2D eigenvalue weighted by atomic mass is 16.3. The van der Waals surface area contributed by atoms with Crippen LogP contribution in [0.15, 0.2) is 18.6 Å². The normalized spacial score (nSPS) is 10.7. The molecule has 4 nitrogen and oxygen atoms in total. The maximum atomic E-state index is 8.77. The molecule has 1 rings (SSSR count). The summed E-state index contributed by atoms with van der Waals surface area (Å²) in [5, 5.41) is 8.77. The fraction of sp³-hybridized carbons (Fsp3) is 0.556. The van der Waals surface area contributed by atoms with Crippen LogP contribution in [0.2, 0.25) is 0 Å². The highest BCUT2D eigenvalue weighted by molar-refractivity contribution is 4.94. The summed E-state index contributed by atoms with van der Waals surface area (Å²) in [7, 11) is 0. The number of likely N-dealkylation sites (N-methyl/N-ethyl adjacent to an activating group) is 1. The Morgan fingerprint density at radius 3 is 2.85 bits per heavy atom. The van der Waals surface area contributed by atoms with Gasteiger partial charge < -0.3 is 5.11 Å². The summed E-state index contributed by atoms with van der Waals surface area (Å²) in [5.74, 6) is 0. The van der Waals surface area contributed by atoms with Crippen molar-refractivity contribution in [2.24, 2.45) is 0 Å². The molecule has 0 radical (unpaired) electrons. The Labute approximate surface area is 78.2 Å². The van der Waals surface area contributed by atoms with Gasteiger partial charge in [0.2, 0.25) is 0 Å². The molecule has 0 aliphatic rings. The lowest BCUT2D eigenvalue weighted by atomic mass is 10.4. The van der Waals surface area contributed by atoms with E-state index in [1.807, 2.05) is 0 Å². The minimum absolute atomic E-state index is 0.189. The molecule has 4 heteroatoms. The number of hydrogen-bond acceptors (Lipinski definition) is 4. The molecule has 1 heterocycles. The third kappa shape index (κ3) is 3.48. The minimum atomic E-state index is 0.189. The Bertz CT molecular complexity index is 228. The lowest BCUT2D eigenvalue weighted by Crippen LogP contribution is -2.26. The maximum Gasteiger partial charge on any atom is 0.0726 e. The van der Waals surface area contributed by atoms with E-state index in [1.165, 1.54) is 0 Å². The van der Waals surface area contributed by atoms with Gasteiger partial charge in [-0.15, -0.1) is 0 Å². The van der Waals surface area contributed by atoms with Crippen LogP contribution in [-0.2, 0) is 6.54 Å². The molecule has 1 aromatic rings. The Morgan fingerprint density at radius 1 is 1.46 bits per heavy atom. The van der Waals surface area contributed by atoms with Crippen molar-refractivity contribution in [2.75, 3.05) is 19.7 Å². The molecule has 0 aliphatic heterocycles. The SMILES string of the molecule is CCN(CCO)Cc1cnccn1. The zero-order valence-electron chi connectivity index (χ0n) is 7.85. The van der Waals surface area contributed by atoms with Gasteiger partial charge in [0, 0.05) is 31.7 Å². The van der Waals surface area contributed by atoms with E-state index in [-0.39, 0.29) is 6.61 Å². The molecule has 1 N–H and O–H groups in total. The molecule has 0 aromatic carbocycles. The van der Waals surface area contributed by atoms with E-state index in [2.05, 4.69) is 21.8 Å². The van der Waals surface area contributed by atoms with Gasteiger partial charge in [0.25, 0.3) is 0 Å². The van der Waals surface area contributed by atoms with Crippen LogP contribution >= 0.6 is 0 Å². The minimum Gasteiger partial charge on any atom is -0.395 e. The van der Waals surface area contributed by atoms with Gasteiger partial charge in [-0.1, -0.05) is 6.92 Å². The van der Waals surface area contributed by atoms with Crippen LogP contribution in [0, 0.1) is 0 Å². The molecule has 0 atom stereocenters. The second kappa shape index (κ2) is 5.61. The molecule has 13 heavy (non-hydrogen) atoms. The molecule has 72 valence electrons. The van der Waals surface area contributed by atoms with Crippen LogP contribution in [0.25, 0.3) is 0 Å². The van der Waals surface area contributed by atoms with Gasteiger partial charge in [0.1, 0.15) is 0 Å². The van der Waals surface area contributed by atoms with E-state index < -0.39 is 0 Å². The molecular formula is C9H15N3O. The predicted molar refractivity (Wildman–Crippen MR) is 50.1 cm³/mol. The highest BCUT2D eigenvalue weighted by Gasteiger charge is 2.02. The van der Waals surface area contributed by atoms with Crippen LogP contribution in [0.4, 0.5) is 0 Å². The molecule has 0 spiro atoms. The van der Waals surface area contributed by atoms with Crippen LogP contribution in [0.5, 0.6) is 0 Å².